The highest BCUT2D eigenvalue weighted by Crippen LogP contribution is 2.41. The molecule has 176 valence electrons. The number of hydrogen-bond acceptors (Lipinski definition) is 8. The Bertz CT molecular complexity index is 1030. The van der Waals surface area contributed by atoms with Crippen molar-refractivity contribution in [3.63, 3.8) is 0 Å². The summed E-state index contributed by atoms with van der Waals surface area (Å²) in [7, 11) is 1.39. The molecule has 1 amide bonds. The minimum absolute atomic E-state index is 0.0541. The summed E-state index contributed by atoms with van der Waals surface area (Å²) in [6.45, 7) is 2.40. The number of Topliss-reactive ketones (excluding diaryl/α,β-unsaturated/α-hetero) is 1. The molecular weight excluding hydrogens is 430 g/mol. The number of aliphatic hydroxyl groups excluding tert-OH is 2. The van der Waals surface area contributed by atoms with Crippen molar-refractivity contribution in [2.75, 3.05) is 40.1 Å². The summed E-state index contributed by atoms with van der Waals surface area (Å²) in [6, 6.07) is 10.1. The first-order valence-corrected chi connectivity index (χ1v) is 10.5. The number of ketones is 1. The minimum Gasteiger partial charge on any atom is -0.507 e. The van der Waals surface area contributed by atoms with Crippen molar-refractivity contribution >= 4 is 17.4 Å². The van der Waals surface area contributed by atoms with E-state index in [-0.39, 0.29) is 49.2 Å². The van der Waals surface area contributed by atoms with Gasteiger partial charge in [-0.05, 0) is 48.9 Å². The number of aliphatic hydroxyl groups is 2. The van der Waals surface area contributed by atoms with Gasteiger partial charge in [0.15, 0.2) is 11.5 Å². The van der Waals surface area contributed by atoms with Crippen molar-refractivity contribution in [3.05, 3.63) is 59.2 Å². The zero-order valence-electron chi connectivity index (χ0n) is 18.5. The Kier molecular flexibility index (Phi) is 7.92. The van der Waals surface area contributed by atoms with Gasteiger partial charge in [-0.25, -0.2) is 0 Å². The second-order valence-corrected chi connectivity index (χ2v) is 7.22. The average Bonchev–Trinajstić information content (AvgIpc) is 3.07. The summed E-state index contributed by atoms with van der Waals surface area (Å²) in [5.74, 6) is -1.28. The predicted octanol–water partition coefficient (Wildman–Crippen LogP) is 2.23. The summed E-state index contributed by atoms with van der Waals surface area (Å²) >= 11 is 0. The fraction of sp³-hybridized carbons (Fsp3) is 0.333. The number of phenolic OH excluding ortho intramolecular Hbond substituents is 1. The largest absolute Gasteiger partial charge is 0.507 e. The van der Waals surface area contributed by atoms with Gasteiger partial charge >= 0.3 is 0 Å². The van der Waals surface area contributed by atoms with E-state index in [2.05, 4.69) is 0 Å². The fourth-order valence-corrected chi connectivity index (χ4v) is 3.68. The summed E-state index contributed by atoms with van der Waals surface area (Å²) in [5, 5.41) is 30.0. The van der Waals surface area contributed by atoms with Crippen LogP contribution < -0.4 is 9.47 Å². The van der Waals surface area contributed by atoms with Gasteiger partial charge in [0.05, 0.1) is 45.2 Å². The standard InChI is InChI=1S/C24H27NO8/c1-3-33-17-7-4-15(5-8-17)22(28)20-21(16-6-9-18(27)19(14-16)31-2)25(24(30)23(20)29)10-12-32-13-11-26/h4-9,14,21,26-28H,3,10-13H2,1-2H3. The van der Waals surface area contributed by atoms with Gasteiger partial charge in [0.2, 0.25) is 0 Å². The van der Waals surface area contributed by atoms with Gasteiger partial charge in [0.1, 0.15) is 11.5 Å². The van der Waals surface area contributed by atoms with E-state index in [1.165, 1.54) is 24.1 Å². The van der Waals surface area contributed by atoms with Crippen molar-refractivity contribution in [1.82, 2.24) is 4.90 Å². The molecule has 1 atom stereocenters. The number of benzene rings is 2. The van der Waals surface area contributed by atoms with Crippen LogP contribution in [0.4, 0.5) is 0 Å². The van der Waals surface area contributed by atoms with Crippen LogP contribution in [-0.2, 0) is 14.3 Å². The first-order valence-electron chi connectivity index (χ1n) is 10.5. The van der Waals surface area contributed by atoms with Crippen LogP contribution >= 0.6 is 0 Å². The van der Waals surface area contributed by atoms with Crippen molar-refractivity contribution in [1.29, 1.82) is 0 Å². The van der Waals surface area contributed by atoms with Crippen LogP contribution in [0.25, 0.3) is 5.76 Å². The first kappa shape index (κ1) is 24.1. The third-order valence-electron chi connectivity index (χ3n) is 5.21. The molecule has 2 aromatic carbocycles. The minimum atomic E-state index is -0.927. The van der Waals surface area contributed by atoms with E-state index in [9.17, 15) is 19.8 Å². The number of phenols is 1. The molecule has 1 unspecified atom stereocenters. The highest BCUT2D eigenvalue weighted by atomic mass is 16.5. The number of ether oxygens (including phenoxy) is 3. The number of amides is 1. The van der Waals surface area contributed by atoms with E-state index in [0.29, 0.717) is 23.5 Å². The van der Waals surface area contributed by atoms with Gasteiger partial charge in [-0.2, -0.15) is 0 Å². The molecule has 3 N–H and O–H groups in total. The van der Waals surface area contributed by atoms with Crippen molar-refractivity contribution < 1.29 is 39.1 Å². The fourth-order valence-electron chi connectivity index (χ4n) is 3.68. The molecule has 2 aromatic rings. The number of carbonyl (C=O) groups excluding carboxylic acids is 2. The molecule has 1 fully saturated rings. The number of hydrogen-bond donors (Lipinski definition) is 3. The lowest BCUT2D eigenvalue weighted by Crippen LogP contribution is -2.33. The van der Waals surface area contributed by atoms with Gasteiger partial charge in [-0.3, -0.25) is 9.59 Å². The lowest BCUT2D eigenvalue weighted by atomic mass is 9.95. The summed E-state index contributed by atoms with van der Waals surface area (Å²) in [4.78, 5) is 27.2. The average molecular weight is 457 g/mol. The lowest BCUT2D eigenvalue weighted by Gasteiger charge is -2.25. The molecule has 1 aliphatic heterocycles. The van der Waals surface area contributed by atoms with Gasteiger partial charge in [0, 0.05) is 12.1 Å². The highest BCUT2D eigenvalue weighted by Gasteiger charge is 2.46. The molecule has 9 heteroatoms. The van der Waals surface area contributed by atoms with E-state index in [1.807, 2.05) is 6.92 Å². The summed E-state index contributed by atoms with van der Waals surface area (Å²) < 4.78 is 15.9. The van der Waals surface area contributed by atoms with E-state index in [1.54, 1.807) is 30.3 Å². The molecule has 33 heavy (non-hydrogen) atoms. The molecule has 1 saturated heterocycles. The zero-order valence-corrected chi connectivity index (χ0v) is 18.5. The quantitative estimate of drug-likeness (QED) is 0.215. The van der Waals surface area contributed by atoms with Crippen molar-refractivity contribution in [2.45, 2.75) is 13.0 Å². The third kappa shape index (κ3) is 5.10. The molecule has 1 aliphatic rings. The summed E-state index contributed by atoms with van der Waals surface area (Å²) in [5.41, 5.74) is 0.737. The molecule has 0 radical (unpaired) electrons. The third-order valence-corrected chi connectivity index (χ3v) is 5.21. The van der Waals surface area contributed by atoms with Crippen molar-refractivity contribution in [2.24, 2.45) is 0 Å². The van der Waals surface area contributed by atoms with E-state index in [0.717, 1.165) is 0 Å². The molecule has 1 heterocycles. The topological polar surface area (TPSA) is 126 Å². The number of nitrogens with zero attached hydrogens (tertiary/aromatic N) is 1. The summed E-state index contributed by atoms with van der Waals surface area (Å²) in [6.07, 6.45) is 0. The van der Waals surface area contributed by atoms with Gasteiger partial charge in [-0.1, -0.05) is 6.07 Å². The van der Waals surface area contributed by atoms with Crippen LogP contribution in [0, 0.1) is 0 Å². The van der Waals surface area contributed by atoms with Gasteiger partial charge in [-0.15, -0.1) is 0 Å². The van der Waals surface area contributed by atoms with Crippen LogP contribution in [0.15, 0.2) is 48.0 Å². The molecule has 0 spiro atoms. The second-order valence-electron chi connectivity index (χ2n) is 7.22. The Morgan fingerprint density at radius 2 is 1.82 bits per heavy atom. The van der Waals surface area contributed by atoms with Crippen molar-refractivity contribution in [3.8, 4) is 17.2 Å². The molecule has 0 aliphatic carbocycles. The second kappa shape index (κ2) is 10.8. The molecule has 9 nitrogen and oxygen atoms in total. The lowest BCUT2D eigenvalue weighted by molar-refractivity contribution is -0.140. The predicted molar refractivity (Wildman–Crippen MR) is 119 cm³/mol. The monoisotopic (exact) mass is 457 g/mol. The maximum Gasteiger partial charge on any atom is 0.295 e. The van der Waals surface area contributed by atoms with Gasteiger partial charge < -0.3 is 34.4 Å². The Hall–Kier alpha value is -3.56. The van der Waals surface area contributed by atoms with Crippen LogP contribution in [0.3, 0.4) is 0 Å². The molecule has 0 aromatic heterocycles. The maximum absolute atomic E-state index is 13.0. The number of likely N-dealkylation sites (tertiary alicyclic amines) is 1. The maximum atomic E-state index is 13.0. The van der Waals surface area contributed by atoms with Crippen LogP contribution in [0.5, 0.6) is 17.2 Å². The molecule has 0 bridgehead atoms. The number of methoxy groups -OCH3 is 1. The Morgan fingerprint density at radius 3 is 2.45 bits per heavy atom. The normalized spacial score (nSPS) is 17.4. The van der Waals surface area contributed by atoms with Crippen LogP contribution in [-0.4, -0.2) is 72.0 Å². The van der Waals surface area contributed by atoms with Crippen LogP contribution in [0.2, 0.25) is 0 Å². The number of carbonyl (C=O) groups is 2. The SMILES string of the molecule is CCOc1ccc(C(O)=C2C(=O)C(=O)N(CCOCCO)C2c2ccc(O)c(OC)c2)cc1. The highest BCUT2D eigenvalue weighted by molar-refractivity contribution is 6.46. The smallest absolute Gasteiger partial charge is 0.295 e. The zero-order chi connectivity index (χ0) is 24.0. The molecule has 0 saturated carbocycles. The Balaban J connectivity index is 2.08. The Morgan fingerprint density at radius 1 is 1.09 bits per heavy atom. The van der Waals surface area contributed by atoms with E-state index < -0.39 is 17.7 Å². The molecule has 3 rings (SSSR count). The number of rotatable bonds is 10. The first-order chi connectivity index (χ1) is 15.9. The van der Waals surface area contributed by atoms with E-state index in [4.69, 9.17) is 19.3 Å². The Labute approximate surface area is 191 Å². The molecular formula is C24H27NO8. The van der Waals surface area contributed by atoms with Crippen LogP contribution in [0.1, 0.15) is 24.1 Å². The number of aromatic hydroxyl groups is 1. The van der Waals surface area contributed by atoms with E-state index >= 15 is 0 Å². The van der Waals surface area contributed by atoms with Gasteiger partial charge in [0.25, 0.3) is 11.7 Å².